The zero-order chi connectivity index (χ0) is 22.8. The molecule has 0 aliphatic carbocycles. The maximum atomic E-state index is 12.9. The fourth-order valence-corrected chi connectivity index (χ4v) is 4.01. The van der Waals surface area contributed by atoms with Crippen molar-refractivity contribution in [3.8, 4) is 22.9 Å². The number of carbonyl (C=O) groups is 1. The van der Waals surface area contributed by atoms with Crippen LogP contribution in [0.3, 0.4) is 0 Å². The van der Waals surface area contributed by atoms with Crippen LogP contribution < -0.4 is 0 Å². The van der Waals surface area contributed by atoms with Crippen LogP contribution in [0.15, 0.2) is 72.3 Å². The minimum absolute atomic E-state index is 0.0517. The van der Waals surface area contributed by atoms with Gasteiger partial charge in [-0.25, -0.2) is 4.68 Å². The predicted octanol–water partition coefficient (Wildman–Crippen LogP) is 5.82. The summed E-state index contributed by atoms with van der Waals surface area (Å²) in [6.07, 6.45) is 1.65. The third-order valence-electron chi connectivity index (χ3n) is 5.56. The Bertz CT molecular complexity index is 1360. The lowest BCUT2D eigenvalue weighted by Gasteiger charge is -2.11. The Kier molecular flexibility index (Phi) is 5.61. The average molecular weight is 421 g/mol. The Balaban J connectivity index is 1.69. The van der Waals surface area contributed by atoms with E-state index in [1.165, 1.54) is 10.2 Å². The quantitative estimate of drug-likeness (QED) is 0.309. The third kappa shape index (κ3) is 3.91. The largest absolute Gasteiger partial charge is 0.318 e. The van der Waals surface area contributed by atoms with E-state index in [4.69, 9.17) is 0 Å². The molecule has 0 N–H and O–H groups in total. The first-order valence-corrected chi connectivity index (χ1v) is 10.4. The molecular weight excluding hydrogens is 396 g/mol. The van der Waals surface area contributed by atoms with Crippen LogP contribution in [0.2, 0.25) is 0 Å². The van der Waals surface area contributed by atoms with E-state index >= 15 is 0 Å². The lowest BCUT2D eigenvalue weighted by atomic mass is 10.1. The monoisotopic (exact) mass is 420 g/mol. The van der Waals surface area contributed by atoms with E-state index in [-0.39, 0.29) is 5.57 Å². The highest BCUT2D eigenvalue weighted by atomic mass is 16.2. The van der Waals surface area contributed by atoms with Crippen molar-refractivity contribution in [2.45, 2.75) is 27.7 Å². The summed E-state index contributed by atoms with van der Waals surface area (Å²) in [6.45, 7) is 7.64. The molecule has 5 heteroatoms. The van der Waals surface area contributed by atoms with E-state index in [0.717, 1.165) is 33.9 Å². The molecule has 0 saturated heterocycles. The van der Waals surface area contributed by atoms with Gasteiger partial charge in [0, 0.05) is 22.8 Å². The summed E-state index contributed by atoms with van der Waals surface area (Å²) in [5, 5.41) is 13.9. The van der Waals surface area contributed by atoms with Crippen LogP contribution in [0.25, 0.3) is 22.9 Å². The van der Waals surface area contributed by atoms with Crippen molar-refractivity contribution >= 4 is 12.0 Å². The molecule has 4 rings (SSSR count). The van der Waals surface area contributed by atoms with E-state index < -0.39 is 5.91 Å². The summed E-state index contributed by atoms with van der Waals surface area (Å²) >= 11 is 0. The molecule has 2 aromatic heterocycles. The van der Waals surface area contributed by atoms with E-state index in [1.54, 1.807) is 13.0 Å². The topological polar surface area (TPSA) is 63.6 Å². The van der Waals surface area contributed by atoms with Gasteiger partial charge in [0.15, 0.2) is 0 Å². The van der Waals surface area contributed by atoms with Gasteiger partial charge in [-0.1, -0.05) is 42.5 Å². The number of aryl methyl sites for hydroxylation is 3. The van der Waals surface area contributed by atoms with Gasteiger partial charge in [0.2, 0.25) is 0 Å². The molecule has 0 aliphatic heterocycles. The first-order valence-electron chi connectivity index (χ1n) is 10.4. The van der Waals surface area contributed by atoms with Gasteiger partial charge in [0.05, 0.1) is 5.69 Å². The standard InChI is InChI=1S/C27H24N4O/c1-18-14-20(3)31(29-18)27(32)25(17-28)16-24-15-19(2)30(21(24)4)26-12-10-23(11-13-26)22-8-6-5-7-9-22/h5-16H,1-4H3/b25-16+. The Morgan fingerprint density at radius 1 is 0.906 bits per heavy atom. The Morgan fingerprint density at radius 3 is 2.16 bits per heavy atom. The normalized spacial score (nSPS) is 11.4. The second kappa shape index (κ2) is 8.52. The van der Waals surface area contributed by atoms with Crippen LogP contribution in [0.5, 0.6) is 0 Å². The lowest BCUT2D eigenvalue weighted by Crippen LogP contribution is -2.15. The minimum Gasteiger partial charge on any atom is -0.318 e. The summed E-state index contributed by atoms with van der Waals surface area (Å²) in [6, 6.07) is 24.5. The van der Waals surface area contributed by atoms with Gasteiger partial charge in [-0.3, -0.25) is 4.79 Å². The van der Waals surface area contributed by atoms with Crippen molar-refractivity contribution in [1.82, 2.24) is 14.3 Å². The van der Waals surface area contributed by atoms with Crippen molar-refractivity contribution in [3.05, 3.63) is 101 Å². The molecule has 0 amide bonds. The number of nitrogens with zero attached hydrogens (tertiary/aromatic N) is 4. The summed E-state index contributed by atoms with van der Waals surface area (Å²) in [4.78, 5) is 12.9. The number of benzene rings is 2. The molecule has 4 aromatic rings. The minimum atomic E-state index is -0.421. The molecule has 0 bridgehead atoms. The van der Waals surface area contributed by atoms with Crippen LogP contribution in [0.4, 0.5) is 0 Å². The number of rotatable bonds is 4. The Hall–Kier alpha value is -4.17. The molecular formula is C27H24N4O. The molecule has 0 fully saturated rings. The number of aromatic nitrogens is 3. The van der Waals surface area contributed by atoms with Gasteiger partial charge in [0.25, 0.3) is 5.91 Å². The summed E-state index contributed by atoms with van der Waals surface area (Å²) in [7, 11) is 0. The fraction of sp³-hybridized carbons (Fsp3) is 0.148. The third-order valence-corrected chi connectivity index (χ3v) is 5.56. The summed E-state index contributed by atoms with van der Waals surface area (Å²) in [5.41, 5.74) is 7.67. The van der Waals surface area contributed by atoms with Crippen LogP contribution in [-0.4, -0.2) is 20.3 Å². The van der Waals surface area contributed by atoms with Crippen LogP contribution in [0.1, 0.15) is 33.1 Å². The van der Waals surface area contributed by atoms with Crippen LogP contribution >= 0.6 is 0 Å². The number of nitriles is 1. The molecule has 0 saturated carbocycles. The maximum Gasteiger partial charge on any atom is 0.289 e. The second-order valence-electron chi connectivity index (χ2n) is 7.89. The number of hydrogen-bond acceptors (Lipinski definition) is 3. The van der Waals surface area contributed by atoms with Gasteiger partial charge in [0.1, 0.15) is 11.6 Å². The number of allylic oxidation sites excluding steroid dienone is 1. The van der Waals surface area contributed by atoms with E-state index in [1.807, 2.05) is 57.2 Å². The zero-order valence-electron chi connectivity index (χ0n) is 18.6. The highest BCUT2D eigenvalue weighted by Gasteiger charge is 2.17. The molecule has 32 heavy (non-hydrogen) atoms. The smallest absolute Gasteiger partial charge is 0.289 e. The summed E-state index contributed by atoms with van der Waals surface area (Å²) in [5.74, 6) is -0.421. The molecule has 0 unspecified atom stereocenters. The average Bonchev–Trinajstić information content (AvgIpc) is 3.28. The molecule has 2 aromatic carbocycles. The number of carbonyl (C=O) groups excluding carboxylic acids is 1. The molecule has 0 aliphatic rings. The number of hydrogen-bond donors (Lipinski definition) is 0. The molecule has 2 heterocycles. The zero-order valence-corrected chi connectivity index (χ0v) is 18.6. The van der Waals surface area contributed by atoms with Gasteiger partial charge in [-0.2, -0.15) is 10.4 Å². The SMILES string of the molecule is Cc1cc(C)n(C(=O)/C(C#N)=C/c2cc(C)n(-c3ccc(-c4ccccc4)cc3)c2C)n1. The molecule has 0 atom stereocenters. The molecule has 0 radical (unpaired) electrons. The first kappa shape index (κ1) is 21.1. The fourth-order valence-electron chi connectivity index (χ4n) is 4.01. The highest BCUT2D eigenvalue weighted by Crippen LogP contribution is 2.26. The Morgan fingerprint density at radius 2 is 1.56 bits per heavy atom. The molecule has 5 nitrogen and oxygen atoms in total. The van der Waals surface area contributed by atoms with Crippen molar-refractivity contribution in [1.29, 1.82) is 5.26 Å². The first-order chi connectivity index (χ1) is 15.4. The van der Waals surface area contributed by atoms with E-state index in [2.05, 4.69) is 46.1 Å². The van der Waals surface area contributed by atoms with Gasteiger partial charge in [-0.15, -0.1) is 0 Å². The lowest BCUT2D eigenvalue weighted by molar-refractivity contribution is 0.0943. The van der Waals surface area contributed by atoms with Crippen molar-refractivity contribution in [2.75, 3.05) is 0 Å². The molecule has 158 valence electrons. The van der Waals surface area contributed by atoms with Gasteiger partial charge < -0.3 is 4.57 Å². The molecule has 0 spiro atoms. The maximum absolute atomic E-state index is 12.9. The van der Waals surface area contributed by atoms with Crippen LogP contribution in [0, 0.1) is 39.0 Å². The predicted molar refractivity (Wildman–Crippen MR) is 127 cm³/mol. The van der Waals surface area contributed by atoms with Crippen molar-refractivity contribution in [2.24, 2.45) is 0 Å². The van der Waals surface area contributed by atoms with Crippen molar-refractivity contribution < 1.29 is 4.79 Å². The van der Waals surface area contributed by atoms with Crippen LogP contribution in [-0.2, 0) is 0 Å². The second-order valence-corrected chi connectivity index (χ2v) is 7.89. The highest BCUT2D eigenvalue weighted by molar-refractivity contribution is 6.03. The van der Waals surface area contributed by atoms with Gasteiger partial charge in [-0.05, 0) is 74.7 Å². The summed E-state index contributed by atoms with van der Waals surface area (Å²) < 4.78 is 3.41. The Labute approximate surface area is 187 Å². The van der Waals surface area contributed by atoms with Gasteiger partial charge >= 0.3 is 0 Å². The van der Waals surface area contributed by atoms with Crippen molar-refractivity contribution in [3.63, 3.8) is 0 Å². The van der Waals surface area contributed by atoms with E-state index in [9.17, 15) is 10.1 Å². The van der Waals surface area contributed by atoms with E-state index in [0.29, 0.717) is 5.69 Å².